The molecule has 0 bridgehead atoms. The van der Waals surface area contributed by atoms with E-state index in [9.17, 15) is 19.2 Å². The van der Waals surface area contributed by atoms with E-state index in [1.54, 1.807) is 82.1 Å². The first-order valence-electron chi connectivity index (χ1n) is 14.5. The molecule has 0 radical (unpaired) electrons. The maximum absolute atomic E-state index is 13.4. The van der Waals surface area contributed by atoms with Crippen LogP contribution in [0.5, 0.6) is 0 Å². The summed E-state index contributed by atoms with van der Waals surface area (Å²) in [7, 11) is 3.11. The van der Waals surface area contributed by atoms with Crippen molar-refractivity contribution in [2.75, 3.05) is 0 Å². The van der Waals surface area contributed by atoms with Crippen LogP contribution in [0.1, 0.15) is 26.4 Å². The summed E-state index contributed by atoms with van der Waals surface area (Å²) in [6.45, 7) is 4.14. The molecule has 0 amide bonds. The van der Waals surface area contributed by atoms with E-state index >= 15 is 0 Å². The number of thiophene rings is 6. The third-order valence-electron chi connectivity index (χ3n) is 8.17. The highest BCUT2D eigenvalue weighted by Gasteiger charge is 2.19. The summed E-state index contributed by atoms with van der Waals surface area (Å²) in [6.07, 6.45) is 1.50. The lowest BCUT2D eigenvalue weighted by Gasteiger charge is -1.93. The molecule has 8 rings (SSSR count). The topological polar surface area (TPSA) is 78.1 Å². The molecule has 0 aliphatic heterocycles. The largest absolute Gasteiger partial charge is 0.277 e. The molecule has 230 valence electrons. The summed E-state index contributed by atoms with van der Waals surface area (Å²) < 4.78 is 5.90. The zero-order chi connectivity index (χ0) is 32.0. The molecule has 0 fully saturated rings. The lowest BCUT2D eigenvalue weighted by atomic mass is 10.2. The second-order valence-corrected chi connectivity index (χ2v) is 18.0. The molecule has 0 unspecified atom stereocenters. The summed E-state index contributed by atoms with van der Waals surface area (Å²) in [5.74, 6) is 0. The Hall–Kier alpha value is -3.52. The zero-order valence-corrected chi connectivity index (χ0v) is 29.9. The molecule has 0 aromatic carbocycles. The van der Waals surface area contributed by atoms with Crippen molar-refractivity contribution >= 4 is 108 Å². The predicted molar refractivity (Wildman–Crippen MR) is 201 cm³/mol. The van der Waals surface area contributed by atoms with Crippen LogP contribution in [0.15, 0.2) is 67.7 Å². The number of aryl methyl sites for hydroxylation is 2. The smallest absolute Gasteiger partial charge is 0.262 e. The van der Waals surface area contributed by atoms with Crippen LogP contribution in [-0.4, -0.2) is 9.13 Å². The molecule has 0 aliphatic carbocycles. The van der Waals surface area contributed by atoms with E-state index in [0.29, 0.717) is 28.0 Å². The second kappa shape index (κ2) is 11.0. The van der Waals surface area contributed by atoms with Crippen molar-refractivity contribution in [2.24, 2.45) is 14.1 Å². The van der Waals surface area contributed by atoms with E-state index in [1.807, 2.05) is 24.3 Å². The summed E-state index contributed by atoms with van der Waals surface area (Å²) in [5, 5.41) is 2.31. The SMILES string of the molecule is CCc1cc2c(=O)n(C)c(=O)c3cc(Cc4ccc(-c5cc6c(=O)n(C)c(=O)c7cc(-c8ccc(C)s8)sc7c6s5)s4)sc3c2s1. The summed E-state index contributed by atoms with van der Waals surface area (Å²) in [5.41, 5.74) is -1.08. The molecule has 0 aliphatic rings. The Labute approximate surface area is 285 Å². The molecule has 0 spiro atoms. The first-order chi connectivity index (χ1) is 22.1. The van der Waals surface area contributed by atoms with E-state index in [4.69, 9.17) is 0 Å². The van der Waals surface area contributed by atoms with E-state index in [2.05, 4.69) is 38.1 Å². The molecule has 6 nitrogen and oxygen atoms in total. The highest BCUT2D eigenvalue weighted by Crippen LogP contribution is 2.43. The first kappa shape index (κ1) is 29.9. The van der Waals surface area contributed by atoms with Gasteiger partial charge in [0.2, 0.25) is 0 Å². The Morgan fingerprint density at radius 1 is 0.500 bits per heavy atom. The molecule has 0 atom stereocenters. The summed E-state index contributed by atoms with van der Waals surface area (Å²) >= 11 is 9.66. The minimum Gasteiger partial charge on any atom is -0.277 e. The maximum Gasteiger partial charge on any atom is 0.262 e. The predicted octanol–water partition coefficient (Wildman–Crippen LogP) is 8.58. The number of aromatic nitrogens is 2. The lowest BCUT2D eigenvalue weighted by Crippen LogP contribution is -2.26. The van der Waals surface area contributed by atoms with Crippen molar-refractivity contribution < 1.29 is 0 Å². The Bertz CT molecular complexity index is 2800. The third kappa shape index (κ3) is 4.65. The Morgan fingerprint density at radius 2 is 0.957 bits per heavy atom. The van der Waals surface area contributed by atoms with Gasteiger partial charge in [0.25, 0.3) is 22.2 Å². The highest BCUT2D eigenvalue weighted by atomic mass is 32.1. The van der Waals surface area contributed by atoms with Crippen molar-refractivity contribution in [3.8, 4) is 19.5 Å². The third-order valence-corrected chi connectivity index (χ3v) is 15.7. The molecular weight excluding hydrogens is 693 g/mol. The van der Waals surface area contributed by atoms with Gasteiger partial charge in [0.15, 0.2) is 0 Å². The van der Waals surface area contributed by atoms with Gasteiger partial charge < -0.3 is 0 Å². The number of hydrogen-bond donors (Lipinski definition) is 0. The van der Waals surface area contributed by atoms with Gasteiger partial charge in [-0.25, -0.2) is 0 Å². The molecule has 0 N–H and O–H groups in total. The zero-order valence-electron chi connectivity index (χ0n) is 25.0. The van der Waals surface area contributed by atoms with Crippen molar-refractivity contribution in [1.82, 2.24) is 9.13 Å². The number of rotatable bonds is 5. The normalized spacial score (nSPS) is 12.0. The number of fused-ring (bicyclic) bond motifs is 6. The van der Waals surface area contributed by atoms with Gasteiger partial charge in [0, 0.05) is 59.5 Å². The molecule has 0 saturated heterocycles. The lowest BCUT2D eigenvalue weighted by molar-refractivity contribution is 0.845. The average molecular weight is 717 g/mol. The van der Waals surface area contributed by atoms with Crippen LogP contribution in [-0.2, 0) is 26.9 Å². The molecule has 46 heavy (non-hydrogen) atoms. The average Bonchev–Trinajstić information content (AvgIpc) is 3.88. The van der Waals surface area contributed by atoms with Gasteiger partial charge in [-0.2, -0.15) is 0 Å². The Kier molecular flexibility index (Phi) is 7.16. The van der Waals surface area contributed by atoms with Crippen LogP contribution in [0.3, 0.4) is 0 Å². The van der Waals surface area contributed by atoms with Crippen LogP contribution in [0.2, 0.25) is 0 Å². The van der Waals surface area contributed by atoms with Gasteiger partial charge in [-0.1, -0.05) is 6.92 Å². The van der Waals surface area contributed by atoms with Crippen molar-refractivity contribution in [2.45, 2.75) is 26.7 Å². The van der Waals surface area contributed by atoms with Gasteiger partial charge >= 0.3 is 0 Å². The highest BCUT2D eigenvalue weighted by molar-refractivity contribution is 7.32. The van der Waals surface area contributed by atoms with Crippen LogP contribution >= 0.6 is 68.0 Å². The van der Waals surface area contributed by atoms with Crippen LogP contribution < -0.4 is 22.2 Å². The second-order valence-electron chi connectivity index (χ2n) is 11.2. The van der Waals surface area contributed by atoms with E-state index < -0.39 is 0 Å². The molecule has 8 heterocycles. The minimum atomic E-state index is -0.288. The van der Waals surface area contributed by atoms with Gasteiger partial charge in [0.05, 0.1) is 40.3 Å². The van der Waals surface area contributed by atoms with E-state index in [1.165, 1.54) is 14.0 Å². The molecule has 12 heteroatoms. The Balaban J connectivity index is 1.22. The van der Waals surface area contributed by atoms with Gasteiger partial charge in [-0.05, 0) is 61.9 Å². The van der Waals surface area contributed by atoms with Crippen LogP contribution in [0, 0.1) is 6.92 Å². The Morgan fingerprint density at radius 3 is 1.48 bits per heavy atom. The van der Waals surface area contributed by atoms with Crippen molar-refractivity contribution in [3.63, 3.8) is 0 Å². The fourth-order valence-corrected chi connectivity index (χ4v) is 12.8. The van der Waals surface area contributed by atoms with Gasteiger partial charge in [0.1, 0.15) is 0 Å². The molecule has 0 saturated carbocycles. The maximum atomic E-state index is 13.4. The number of hydrogen-bond acceptors (Lipinski definition) is 10. The van der Waals surface area contributed by atoms with Crippen molar-refractivity contribution in [3.05, 3.63) is 109 Å². The molecule has 8 aromatic rings. The van der Waals surface area contributed by atoms with Gasteiger partial charge in [-0.3, -0.25) is 28.3 Å². The summed E-state index contributed by atoms with van der Waals surface area (Å²) in [4.78, 5) is 61.7. The standard InChI is InChI=1S/C34H24N2O4S6/c1-5-16-11-19-27(43-16)28-20(32(38)35(3)31(19)37)12-18(44-28)10-17-7-9-24(42-17)26-14-22-30(46-26)29-21(33(39)36(4)34(22)40)13-25(45-29)23-8-6-15(2)41-23/h6-9,11-14H,5,10H2,1-4H3. The molecule has 8 aromatic heterocycles. The van der Waals surface area contributed by atoms with E-state index in [0.717, 1.165) is 59.4 Å². The van der Waals surface area contributed by atoms with Crippen molar-refractivity contribution in [1.29, 1.82) is 0 Å². The fourth-order valence-electron chi connectivity index (χ4n) is 5.73. The monoisotopic (exact) mass is 716 g/mol. The van der Waals surface area contributed by atoms with E-state index in [-0.39, 0.29) is 22.2 Å². The fraction of sp³-hybridized carbons (Fsp3) is 0.176. The first-order valence-corrected chi connectivity index (χ1v) is 19.4. The van der Waals surface area contributed by atoms with Gasteiger partial charge in [-0.15, -0.1) is 68.0 Å². The number of nitrogens with zero attached hydrogens (tertiary/aromatic N) is 2. The summed E-state index contributed by atoms with van der Waals surface area (Å²) in [6, 6.07) is 16.1. The molecular formula is C34H24N2O4S6. The van der Waals surface area contributed by atoms with Crippen LogP contribution in [0.25, 0.3) is 59.9 Å². The minimum absolute atomic E-state index is 0.250. The van der Waals surface area contributed by atoms with Crippen LogP contribution in [0.4, 0.5) is 0 Å². The quantitative estimate of drug-likeness (QED) is 0.179.